The van der Waals surface area contributed by atoms with Gasteiger partial charge in [0, 0.05) is 0 Å². The first kappa shape index (κ1) is 10.9. The van der Waals surface area contributed by atoms with Gasteiger partial charge in [0.2, 0.25) is 0 Å². The summed E-state index contributed by atoms with van der Waals surface area (Å²) in [5.74, 6) is 0. The molecule has 0 spiro atoms. The maximum Gasteiger partial charge on any atom is 0.108 e. The van der Waals surface area contributed by atoms with Crippen LogP contribution in [0.2, 0.25) is 0 Å². The largest absolute Gasteiger partial charge is 0.242 e. The van der Waals surface area contributed by atoms with Gasteiger partial charge in [-0.2, -0.15) is 0 Å². The van der Waals surface area contributed by atoms with Crippen LogP contribution in [0.25, 0.3) is 11.1 Å². The summed E-state index contributed by atoms with van der Waals surface area (Å²) >= 11 is 0. The van der Waals surface area contributed by atoms with Crippen LogP contribution in [0.4, 0.5) is 11.4 Å². The maximum absolute atomic E-state index is 10.3. The van der Waals surface area contributed by atoms with Crippen molar-refractivity contribution in [2.24, 2.45) is 10.5 Å². The number of hydrogen-bond donors (Lipinski definition) is 1. The van der Waals surface area contributed by atoms with Crippen LogP contribution in [0, 0.1) is 9.81 Å². The predicted molar refractivity (Wildman–Crippen MR) is 66.8 cm³/mol. The van der Waals surface area contributed by atoms with Gasteiger partial charge in [0.05, 0.1) is 11.0 Å². The van der Waals surface area contributed by atoms with E-state index in [1.165, 1.54) is 0 Å². The molecule has 0 aliphatic rings. The van der Waals surface area contributed by atoms with E-state index in [2.05, 4.69) is 15.9 Å². The second-order valence-electron chi connectivity index (χ2n) is 3.42. The number of rotatable bonds is 4. The molecular weight excluding hydrogens is 218 g/mol. The molecular formula is C12H9N3O2. The fourth-order valence-corrected chi connectivity index (χ4v) is 1.50. The van der Waals surface area contributed by atoms with Gasteiger partial charge in [-0.25, -0.2) is 5.43 Å². The van der Waals surface area contributed by atoms with Gasteiger partial charge in [0.15, 0.2) is 0 Å². The van der Waals surface area contributed by atoms with E-state index >= 15 is 0 Å². The van der Waals surface area contributed by atoms with Crippen molar-refractivity contribution in [3.63, 3.8) is 0 Å². The number of benzene rings is 2. The third-order valence-corrected chi connectivity index (χ3v) is 2.37. The Balaban J connectivity index is 2.26. The number of nitrogens with one attached hydrogen (secondary N) is 1. The molecule has 0 unspecified atom stereocenters. The van der Waals surface area contributed by atoms with Crippen LogP contribution in [0.5, 0.6) is 0 Å². The van der Waals surface area contributed by atoms with Crippen molar-refractivity contribution in [2.75, 3.05) is 5.43 Å². The second-order valence-corrected chi connectivity index (χ2v) is 3.42. The first-order chi connectivity index (χ1) is 8.33. The molecule has 0 saturated carbocycles. The standard InChI is InChI=1S/C12H9N3O2/c16-14-12-7-3-10(4-8-12)9-1-5-11(6-2-9)13-15-17/h1-8H,(H,13,17). The number of hydrogen-bond acceptors (Lipinski definition) is 4. The van der Waals surface area contributed by atoms with E-state index in [-0.39, 0.29) is 0 Å². The van der Waals surface area contributed by atoms with Gasteiger partial charge < -0.3 is 0 Å². The summed E-state index contributed by atoms with van der Waals surface area (Å²) in [5, 5.41) is 5.42. The highest BCUT2D eigenvalue weighted by atomic mass is 16.3. The summed E-state index contributed by atoms with van der Waals surface area (Å²) < 4.78 is 0. The molecule has 1 N–H and O–H groups in total. The van der Waals surface area contributed by atoms with Gasteiger partial charge in [0.25, 0.3) is 0 Å². The van der Waals surface area contributed by atoms with E-state index in [9.17, 15) is 9.81 Å². The van der Waals surface area contributed by atoms with Crippen molar-refractivity contribution >= 4 is 11.4 Å². The number of nitroso groups, excluding NO2 is 2. The molecule has 0 saturated heterocycles. The van der Waals surface area contributed by atoms with Crippen LogP contribution in [-0.4, -0.2) is 0 Å². The minimum absolute atomic E-state index is 0.400. The normalized spacial score (nSPS) is 9.65. The van der Waals surface area contributed by atoms with Gasteiger partial charge in [-0.3, -0.25) is 0 Å². The number of anilines is 1. The third kappa shape index (κ3) is 2.52. The van der Waals surface area contributed by atoms with E-state index in [0.29, 0.717) is 11.4 Å². The summed E-state index contributed by atoms with van der Waals surface area (Å²) in [7, 11) is 0. The molecule has 17 heavy (non-hydrogen) atoms. The third-order valence-electron chi connectivity index (χ3n) is 2.37. The molecule has 0 bridgehead atoms. The quantitative estimate of drug-likeness (QED) is 0.637. The minimum atomic E-state index is 0.400. The van der Waals surface area contributed by atoms with E-state index in [0.717, 1.165) is 11.1 Å². The summed E-state index contributed by atoms with van der Waals surface area (Å²) in [5.41, 5.74) is 5.31. The molecule has 0 amide bonds. The van der Waals surface area contributed by atoms with Crippen molar-refractivity contribution in [2.45, 2.75) is 0 Å². The predicted octanol–water partition coefficient (Wildman–Crippen LogP) is 3.84. The van der Waals surface area contributed by atoms with Crippen LogP contribution < -0.4 is 5.43 Å². The zero-order valence-corrected chi connectivity index (χ0v) is 8.83. The van der Waals surface area contributed by atoms with E-state index < -0.39 is 0 Å². The average molecular weight is 227 g/mol. The van der Waals surface area contributed by atoms with Gasteiger partial charge >= 0.3 is 0 Å². The molecule has 0 aromatic heterocycles. The molecule has 2 aromatic rings. The van der Waals surface area contributed by atoms with Crippen LogP contribution >= 0.6 is 0 Å². The van der Waals surface area contributed by atoms with Crippen molar-refractivity contribution < 1.29 is 0 Å². The van der Waals surface area contributed by atoms with Crippen LogP contribution in [0.3, 0.4) is 0 Å². The summed E-state index contributed by atoms with van der Waals surface area (Å²) in [6, 6.07) is 14.2. The van der Waals surface area contributed by atoms with Gasteiger partial charge in [0.1, 0.15) is 5.69 Å². The minimum Gasteiger partial charge on any atom is -0.242 e. The molecule has 0 aliphatic heterocycles. The highest BCUT2D eigenvalue weighted by molar-refractivity contribution is 5.67. The lowest BCUT2D eigenvalue weighted by Crippen LogP contribution is -1.85. The lowest BCUT2D eigenvalue weighted by Gasteiger charge is -2.02. The van der Waals surface area contributed by atoms with Gasteiger partial charge in [-0.05, 0) is 40.6 Å². The highest BCUT2D eigenvalue weighted by Crippen LogP contribution is 2.23. The number of nitrogens with zero attached hydrogens (tertiary/aromatic N) is 2. The Hall–Kier alpha value is -2.56. The average Bonchev–Trinajstić information content (AvgIpc) is 2.40. The van der Waals surface area contributed by atoms with Gasteiger partial charge in [-0.1, -0.05) is 24.3 Å². The molecule has 2 aromatic carbocycles. The Kier molecular flexibility index (Phi) is 3.20. The molecule has 84 valence electrons. The topological polar surface area (TPSA) is 70.9 Å². The SMILES string of the molecule is O=NNc1ccc(-c2ccc(N=O)cc2)cc1. The van der Waals surface area contributed by atoms with Crippen molar-refractivity contribution in [3.8, 4) is 11.1 Å². The Labute approximate surface area is 97.4 Å². The first-order valence-corrected chi connectivity index (χ1v) is 4.96. The molecule has 2 rings (SSSR count). The zero-order chi connectivity index (χ0) is 12.1. The molecule has 0 aliphatic carbocycles. The molecule has 0 atom stereocenters. The summed E-state index contributed by atoms with van der Waals surface area (Å²) in [6.07, 6.45) is 0. The Morgan fingerprint density at radius 2 is 1.29 bits per heavy atom. The lowest BCUT2D eigenvalue weighted by atomic mass is 10.1. The van der Waals surface area contributed by atoms with E-state index in [1.54, 1.807) is 24.3 Å². The monoisotopic (exact) mass is 227 g/mol. The smallest absolute Gasteiger partial charge is 0.108 e. The zero-order valence-electron chi connectivity index (χ0n) is 8.83. The highest BCUT2D eigenvalue weighted by Gasteiger charge is 1.98. The van der Waals surface area contributed by atoms with Crippen molar-refractivity contribution in [1.82, 2.24) is 0 Å². The lowest BCUT2D eigenvalue weighted by molar-refractivity contribution is 1.32. The molecule has 0 radical (unpaired) electrons. The second kappa shape index (κ2) is 4.98. The van der Waals surface area contributed by atoms with Crippen molar-refractivity contribution in [3.05, 3.63) is 58.3 Å². The van der Waals surface area contributed by atoms with Crippen molar-refractivity contribution in [1.29, 1.82) is 0 Å². The van der Waals surface area contributed by atoms with Crippen LogP contribution in [0.15, 0.2) is 59.0 Å². The first-order valence-electron chi connectivity index (χ1n) is 4.96. The Morgan fingerprint density at radius 1 is 0.765 bits per heavy atom. The summed E-state index contributed by atoms with van der Waals surface area (Å²) in [6.45, 7) is 0. The van der Waals surface area contributed by atoms with Crippen LogP contribution in [0.1, 0.15) is 0 Å². The Morgan fingerprint density at radius 3 is 1.76 bits per heavy atom. The molecule has 5 nitrogen and oxygen atoms in total. The Bertz CT molecular complexity index is 520. The fourth-order valence-electron chi connectivity index (χ4n) is 1.50. The molecule has 0 fully saturated rings. The fraction of sp³-hybridized carbons (Fsp3) is 0. The van der Waals surface area contributed by atoms with Crippen LogP contribution in [-0.2, 0) is 0 Å². The van der Waals surface area contributed by atoms with E-state index in [1.807, 2.05) is 24.3 Å². The molecule has 0 heterocycles. The van der Waals surface area contributed by atoms with Gasteiger partial charge in [-0.15, -0.1) is 9.81 Å². The van der Waals surface area contributed by atoms with E-state index in [4.69, 9.17) is 0 Å². The molecule has 5 heteroatoms. The summed E-state index contributed by atoms with van der Waals surface area (Å²) in [4.78, 5) is 20.3. The maximum atomic E-state index is 10.3.